The van der Waals surface area contributed by atoms with Crippen LogP contribution in [0.1, 0.15) is 24.8 Å². The van der Waals surface area contributed by atoms with Gasteiger partial charge in [0, 0.05) is 5.56 Å². The minimum atomic E-state index is -0.991. The largest absolute Gasteiger partial charge is 0.481 e. The molecule has 0 saturated heterocycles. The Bertz CT molecular complexity index is 696. The summed E-state index contributed by atoms with van der Waals surface area (Å²) in [5.74, 6) is 3.38. The number of carbonyl (C=O) groups is 1. The molecular weight excluding hydrogens is 267 g/mol. The molecule has 0 bridgehead atoms. The minimum Gasteiger partial charge on any atom is -0.481 e. The van der Waals surface area contributed by atoms with Crippen molar-refractivity contribution in [1.82, 2.24) is 0 Å². The maximum absolute atomic E-state index is 14.3. The standard InChI is InChI=1S/C18H15FO2/c1-2-6-15(12-18(20)21)16-10-9-14(11-17(16)19)13-7-4-3-5-8-13/h3-5,7-11,15H,12H2,1H3,(H,20,21). The summed E-state index contributed by atoms with van der Waals surface area (Å²) in [6.45, 7) is 1.62. The van der Waals surface area contributed by atoms with Crippen molar-refractivity contribution in [1.29, 1.82) is 0 Å². The lowest BCUT2D eigenvalue weighted by Crippen LogP contribution is -2.06. The molecule has 2 aromatic rings. The van der Waals surface area contributed by atoms with Gasteiger partial charge in [-0.3, -0.25) is 4.79 Å². The van der Waals surface area contributed by atoms with Crippen molar-refractivity contribution < 1.29 is 14.3 Å². The first-order valence-corrected chi connectivity index (χ1v) is 6.60. The average molecular weight is 282 g/mol. The number of rotatable bonds is 4. The number of benzene rings is 2. The predicted octanol–water partition coefficient (Wildman–Crippen LogP) is 4.07. The van der Waals surface area contributed by atoms with E-state index < -0.39 is 17.7 Å². The SMILES string of the molecule is CC#CC(CC(=O)O)c1ccc(-c2ccccc2)cc1F. The van der Waals surface area contributed by atoms with Gasteiger partial charge in [-0.15, -0.1) is 5.92 Å². The topological polar surface area (TPSA) is 37.3 Å². The first-order chi connectivity index (χ1) is 10.1. The molecular formula is C18H15FO2. The van der Waals surface area contributed by atoms with Gasteiger partial charge in [0.15, 0.2) is 0 Å². The van der Waals surface area contributed by atoms with Gasteiger partial charge >= 0.3 is 5.97 Å². The molecule has 0 amide bonds. The molecule has 0 radical (unpaired) electrons. The Hall–Kier alpha value is -2.60. The quantitative estimate of drug-likeness (QED) is 0.858. The first-order valence-electron chi connectivity index (χ1n) is 6.60. The van der Waals surface area contributed by atoms with Crippen LogP contribution >= 0.6 is 0 Å². The lowest BCUT2D eigenvalue weighted by molar-refractivity contribution is -0.137. The second kappa shape index (κ2) is 6.71. The predicted molar refractivity (Wildman–Crippen MR) is 80.3 cm³/mol. The lowest BCUT2D eigenvalue weighted by Gasteiger charge is -2.11. The first kappa shape index (κ1) is 14.8. The highest BCUT2D eigenvalue weighted by atomic mass is 19.1. The molecule has 0 aromatic heterocycles. The third kappa shape index (κ3) is 3.70. The molecule has 0 fully saturated rings. The van der Waals surface area contributed by atoms with E-state index in [9.17, 15) is 9.18 Å². The average Bonchev–Trinajstić information content (AvgIpc) is 2.47. The summed E-state index contributed by atoms with van der Waals surface area (Å²) in [5.41, 5.74) is 2.00. The van der Waals surface area contributed by atoms with E-state index in [2.05, 4.69) is 11.8 Å². The second-order valence-corrected chi connectivity index (χ2v) is 4.65. The van der Waals surface area contributed by atoms with E-state index in [1.807, 2.05) is 30.3 Å². The molecule has 0 heterocycles. The number of aliphatic carboxylic acids is 1. The Morgan fingerprint density at radius 1 is 1.19 bits per heavy atom. The van der Waals surface area contributed by atoms with E-state index >= 15 is 0 Å². The van der Waals surface area contributed by atoms with Crippen molar-refractivity contribution in [2.75, 3.05) is 0 Å². The number of carboxylic acids is 1. The van der Waals surface area contributed by atoms with Gasteiger partial charge in [-0.2, -0.15) is 0 Å². The van der Waals surface area contributed by atoms with E-state index in [1.165, 1.54) is 6.07 Å². The summed E-state index contributed by atoms with van der Waals surface area (Å²) < 4.78 is 14.3. The van der Waals surface area contributed by atoms with Crippen LogP contribution in [0, 0.1) is 17.7 Å². The normalized spacial score (nSPS) is 11.3. The monoisotopic (exact) mass is 282 g/mol. The van der Waals surface area contributed by atoms with Crippen molar-refractivity contribution in [2.45, 2.75) is 19.3 Å². The number of hydrogen-bond acceptors (Lipinski definition) is 1. The van der Waals surface area contributed by atoms with Crippen LogP contribution in [-0.2, 0) is 4.79 Å². The van der Waals surface area contributed by atoms with Crippen molar-refractivity contribution in [2.24, 2.45) is 0 Å². The van der Waals surface area contributed by atoms with Gasteiger partial charge in [-0.1, -0.05) is 48.4 Å². The molecule has 1 atom stereocenters. The van der Waals surface area contributed by atoms with Crippen LogP contribution in [-0.4, -0.2) is 11.1 Å². The smallest absolute Gasteiger partial charge is 0.304 e. The minimum absolute atomic E-state index is 0.206. The van der Waals surface area contributed by atoms with Gasteiger partial charge in [0.05, 0.1) is 12.3 Å². The fraction of sp³-hybridized carbons (Fsp3) is 0.167. The molecule has 3 heteroatoms. The fourth-order valence-electron chi connectivity index (χ4n) is 2.21. The Kier molecular flexibility index (Phi) is 4.73. The highest BCUT2D eigenvalue weighted by Crippen LogP contribution is 2.27. The second-order valence-electron chi connectivity index (χ2n) is 4.65. The maximum Gasteiger partial charge on any atom is 0.304 e. The summed E-state index contributed by atoms with van der Waals surface area (Å²) in [7, 11) is 0. The molecule has 1 unspecified atom stereocenters. The summed E-state index contributed by atoms with van der Waals surface area (Å²) in [4.78, 5) is 10.9. The van der Waals surface area contributed by atoms with Gasteiger partial charge in [0.2, 0.25) is 0 Å². The molecule has 2 rings (SSSR count). The Morgan fingerprint density at radius 2 is 1.90 bits per heavy atom. The maximum atomic E-state index is 14.3. The Morgan fingerprint density at radius 3 is 2.48 bits per heavy atom. The van der Waals surface area contributed by atoms with Crippen LogP contribution in [0.3, 0.4) is 0 Å². The van der Waals surface area contributed by atoms with E-state index in [4.69, 9.17) is 5.11 Å². The molecule has 0 spiro atoms. The zero-order valence-electron chi connectivity index (χ0n) is 11.6. The van der Waals surface area contributed by atoms with Crippen molar-refractivity contribution >= 4 is 5.97 Å². The van der Waals surface area contributed by atoms with Crippen LogP contribution in [0.15, 0.2) is 48.5 Å². The van der Waals surface area contributed by atoms with Gasteiger partial charge in [0.25, 0.3) is 0 Å². The molecule has 2 nitrogen and oxygen atoms in total. The Balaban J connectivity index is 2.37. The molecule has 0 aliphatic heterocycles. The van der Waals surface area contributed by atoms with Gasteiger partial charge in [0.1, 0.15) is 5.82 Å². The molecule has 21 heavy (non-hydrogen) atoms. The lowest BCUT2D eigenvalue weighted by atomic mass is 9.93. The van der Waals surface area contributed by atoms with E-state index in [1.54, 1.807) is 19.1 Å². The summed E-state index contributed by atoms with van der Waals surface area (Å²) in [6, 6.07) is 14.3. The highest BCUT2D eigenvalue weighted by molar-refractivity contribution is 5.69. The third-order valence-corrected chi connectivity index (χ3v) is 3.18. The summed E-state index contributed by atoms with van der Waals surface area (Å²) >= 11 is 0. The van der Waals surface area contributed by atoms with Crippen LogP contribution in [0.4, 0.5) is 4.39 Å². The van der Waals surface area contributed by atoms with Crippen LogP contribution in [0.2, 0.25) is 0 Å². The summed E-state index contributed by atoms with van der Waals surface area (Å²) in [6.07, 6.45) is -0.206. The van der Waals surface area contributed by atoms with Gasteiger partial charge in [-0.25, -0.2) is 4.39 Å². The zero-order chi connectivity index (χ0) is 15.2. The molecule has 1 N–H and O–H groups in total. The number of carboxylic acid groups (broad SMARTS) is 1. The van der Waals surface area contributed by atoms with Crippen molar-refractivity contribution in [3.05, 3.63) is 59.9 Å². The highest BCUT2D eigenvalue weighted by Gasteiger charge is 2.17. The van der Waals surface area contributed by atoms with E-state index in [-0.39, 0.29) is 6.42 Å². The van der Waals surface area contributed by atoms with Crippen LogP contribution in [0.25, 0.3) is 11.1 Å². The molecule has 0 saturated carbocycles. The van der Waals surface area contributed by atoms with E-state index in [0.717, 1.165) is 11.1 Å². The molecule has 0 aliphatic rings. The van der Waals surface area contributed by atoms with E-state index in [0.29, 0.717) is 5.56 Å². The Labute approximate surface area is 123 Å². The van der Waals surface area contributed by atoms with Gasteiger partial charge in [-0.05, 0) is 24.1 Å². The molecule has 0 aliphatic carbocycles. The number of halogens is 1. The van der Waals surface area contributed by atoms with Crippen molar-refractivity contribution in [3.8, 4) is 23.0 Å². The molecule has 2 aromatic carbocycles. The summed E-state index contributed by atoms with van der Waals surface area (Å²) in [5, 5.41) is 8.91. The fourth-order valence-corrected chi connectivity index (χ4v) is 2.21. The van der Waals surface area contributed by atoms with Crippen molar-refractivity contribution in [3.63, 3.8) is 0 Å². The third-order valence-electron chi connectivity index (χ3n) is 3.18. The van der Waals surface area contributed by atoms with Crippen LogP contribution in [0.5, 0.6) is 0 Å². The van der Waals surface area contributed by atoms with Gasteiger partial charge < -0.3 is 5.11 Å². The number of hydrogen-bond donors (Lipinski definition) is 1. The zero-order valence-corrected chi connectivity index (χ0v) is 11.6. The van der Waals surface area contributed by atoms with Crippen LogP contribution < -0.4 is 0 Å². The molecule has 106 valence electrons.